The summed E-state index contributed by atoms with van der Waals surface area (Å²) in [5, 5.41) is 86.4. The van der Waals surface area contributed by atoms with Crippen LogP contribution in [-0.4, -0.2) is 204 Å². The second kappa shape index (κ2) is 31.5. The number of nitrogens with two attached hydrogens (primary N) is 2. The lowest BCUT2D eigenvalue weighted by atomic mass is 10.0. The Bertz CT molecular complexity index is 1940. The third kappa shape index (κ3) is 23.2. The highest BCUT2D eigenvalue weighted by Crippen LogP contribution is 2.07. The Kier molecular flexibility index (Phi) is 28.5. The second-order valence-electron chi connectivity index (χ2n) is 16.2. The highest BCUT2D eigenvalue weighted by molar-refractivity contribution is 7.80. The molecule has 12 atom stereocenters. The minimum Gasteiger partial charge on any atom is -0.481 e. The summed E-state index contributed by atoms with van der Waals surface area (Å²) in [6.07, 6.45) is -6.56. The molecule has 402 valence electrons. The van der Waals surface area contributed by atoms with E-state index in [0.717, 1.165) is 20.8 Å². The fraction of sp³-hybridized carbons (Fsp3) is 0.667. The average Bonchev–Trinajstić information content (AvgIpc) is 3.27. The van der Waals surface area contributed by atoms with Crippen LogP contribution in [0.3, 0.4) is 0 Å². The zero-order valence-electron chi connectivity index (χ0n) is 39.2. The van der Waals surface area contributed by atoms with E-state index in [0.29, 0.717) is 0 Å². The van der Waals surface area contributed by atoms with E-state index in [2.05, 4.69) is 49.8 Å². The van der Waals surface area contributed by atoms with Crippen LogP contribution in [0.25, 0.3) is 0 Å². The van der Waals surface area contributed by atoms with Gasteiger partial charge in [-0.25, -0.2) is 4.79 Å². The molecule has 0 aliphatic carbocycles. The number of primary amides is 1. The predicted octanol–water partition coefficient (Wildman–Crippen LogP) is -9.28. The van der Waals surface area contributed by atoms with Gasteiger partial charge in [-0.15, -0.1) is 0 Å². The molecule has 0 bridgehead atoms. The lowest BCUT2D eigenvalue weighted by molar-refractivity contribution is -0.143. The topological polar surface area (TPSA) is 524 Å². The van der Waals surface area contributed by atoms with Gasteiger partial charge >= 0.3 is 17.9 Å². The summed E-state index contributed by atoms with van der Waals surface area (Å²) in [4.78, 5) is 164. The lowest BCUT2D eigenvalue weighted by Crippen LogP contribution is -2.63. The number of carboxylic acids is 3. The minimum absolute atomic E-state index is 0.348. The van der Waals surface area contributed by atoms with E-state index in [4.69, 9.17) is 21.7 Å². The van der Waals surface area contributed by atoms with E-state index in [1.165, 1.54) is 13.8 Å². The molecule has 0 rings (SSSR count). The predicted molar refractivity (Wildman–Crippen MR) is 242 cm³/mol. The molecule has 0 radical (unpaired) electrons. The molecule has 0 saturated carbocycles. The van der Waals surface area contributed by atoms with Crippen molar-refractivity contribution in [3.63, 3.8) is 0 Å². The Hall–Kier alpha value is -6.74. The van der Waals surface area contributed by atoms with Crippen LogP contribution in [0.5, 0.6) is 0 Å². The monoisotopic (exact) mass is 1040 g/mol. The third-order valence-electron chi connectivity index (χ3n) is 9.88. The molecule has 10 amide bonds. The Morgan fingerprint density at radius 2 is 0.873 bits per heavy atom. The summed E-state index contributed by atoms with van der Waals surface area (Å²) in [5.74, 6) is -17.4. The maximum atomic E-state index is 13.5. The fourth-order valence-electron chi connectivity index (χ4n) is 5.77. The van der Waals surface area contributed by atoms with E-state index in [1.54, 1.807) is 0 Å². The Balaban J connectivity index is 6.16. The van der Waals surface area contributed by atoms with E-state index in [9.17, 15) is 87.9 Å². The number of carboxylic acid groups (broad SMARTS) is 3. The number of carbonyl (C=O) groups is 13. The molecular formula is C39H65N11O20S. The highest BCUT2D eigenvalue weighted by Gasteiger charge is 2.37. The van der Waals surface area contributed by atoms with Gasteiger partial charge in [-0.3, -0.25) is 57.5 Å². The molecular weight excluding hydrogens is 975 g/mol. The molecule has 0 aromatic rings. The van der Waals surface area contributed by atoms with Crippen LogP contribution in [0.1, 0.15) is 66.7 Å². The molecule has 31 nitrogen and oxygen atoms in total. The van der Waals surface area contributed by atoms with Crippen LogP contribution in [0, 0.1) is 5.92 Å². The van der Waals surface area contributed by atoms with Crippen LogP contribution in [0.2, 0.25) is 0 Å². The first kappa shape index (κ1) is 64.3. The molecule has 0 heterocycles. The quantitative estimate of drug-likeness (QED) is 0.0271. The summed E-state index contributed by atoms with van der Waals surface area (Å²) in [6, 6.07) is -17.3. The van der Waals surface area contributed by atoms with Crippen LogP contribution >= 0.6 is 12.6 Å². The summed E-state index contributed by atoms with van der Waals surface area (Å²) in [6.45, 7) is 4.00. The van der Waals surface area contributed by atoms with Gasteiger partial charge in [0.25, 0.3) is 0 Å². The van der Waals surface area contributed by atoms with Crippen LogP contribution in [0.4, 0.5) is 0 Å². The molecule has 0 saturated heterocycles. The number of nitrogens with one attached hydrogen (secondary N) is 9. The molecule has 71 heavy (non-hydrogen) atoms. The number of aliphatic hydroxyl groups is 4. The first-order chi connectivity index (χ1) is 32.9. The standard InChI is InChI=1S/C39H65N11O20S/c1-14(2)27(36(66)46-22(12-52)39(69)70)48-30(60)15(3)42-33(63)20(10-26(58)59)44-37(67)29(17(5)54)50-35(65)23(13-71)47-32(62)19(7-8-24(41)55)43-34(64)21(11-51)45-38(68)28(16(4)53)49-31(61)18(40)6-9-25(56)57/h14-23,27-29,51-54,71H,6-13,40H2,1-5H3,(H2,41,55)(H,42,63)(H,43,64)(H,44,67)(H,45,68)(H,46,66)(H,47,62)(H,48,60)(H,49,61)(H,50,65)(H,56,57)(H,58,59)(H,69,70)/t15-,16+,17+,18-,19-,20-,21-,22-,23-,27-,28-,29-/m0/s1. The van der Waals surface area contributed by atoms with Crippen molar-refractivity contribution in [3.8, 4) is 0 Å². The number of rotatable bonds is 33. The van der Waals surface area contributed by atoms with E-state index in [-0.39, 0.29) is 6.42 Å². The van der Waals surface area contributed by atoms with Crippen molar-refractivity contribution in [2.24, 2.45) is 17.4 Å². The molecule has 20 N–H and O–H groups in total. The van der Waals surface area contributed by atoms with Crippen molar-refractivity contribution in [1.82, 2.24) is 47.9 Å². The smallest absolute Gasteiger partial charge is 0.328 e. The minimum atomic E-state index is -2.00. The van der Waals surface area contributed by atoms with E-state index in [1.807, 2.05) is 10.6 Å². The van der Waals surface area contributed by atoms with Gasteiger partial charge < -0.3 is 95.1 Å². The van der Waals surface area contributed by atoms with Crippen LogP contribution in [-0.2, 0) is 62.3 Å². The van der Waals surface area contributed by atoms with Gasteiger partial charge in [-0.1, -0.05) is 13.8 Å². The number of hydrogen-bond donors (Lipinski definition) is 19. The van der Waals surface area contributed by atoms with Crippen molar-refractivity contribution in [3.05, 3.63) is 0 Å². The lowest BCUT2D eigenvalue weighted by Gasteiger charge is -2.28. The normalized spacial score (nSPS) is 16.1. The molecule has 0 unspecified atom stereocenters. The highest BCUT2D eigenvalue weighted by atomic mass is 32.1. The Morgan fingerprint density at radius 1 is 0.465 bits per heavy atom. The maximum Gasteiger partial charge on any atom is 0.328 e. The molecule has 32 heteroatoms. The van der Waals surface area contributed by atoms with Crippen LogP contribution < -0.4 is 59.3 Å². The van der Waals surface area contributed by atoms with Gasteiger partial charge in [-0.05, 0) is 39.5 Å². The summed E-state index contributed by atoms with van der Waals surface area (Å²) >= 11 is 4.02. The molecule has 0 aliphatic heterocycles. The van der Waals surface area contributed by atoms with Crippen molar-refractivity contribution < 1.29 is 98.1 Å². The first-order valence-corrected chi connectivity index (χ1v) is 22.2. The zero-order valence-corrected chi connectivity index (χ0v) is 40.1. The van der Waals surface area contributed by atoms with Crippen molar-refractivity contribution in [1.29, 1.82) is 0 Å². The Morgan fingerprint density at radius 3 is 1.31 bits per heavy atom. The van der Waals surface area contributed by atoms with Crippen molar-refractivity contribution in [2.45, 2.75) is 139 Å². The first-order valence-electron chi connectivity index (χ1n) is 21.5. The number of hydrogen-bond acceptors (Lipinski definition) is 19. The zero-order chi connectivity index (χ0) is 55.0. The van der Waals surface area contributed by atoms with Gasteiger partial charge in [0, 0.05) is 18.6 Å². The molecule has 0 spiro atoms. The number of aliphatic hydroxyl groups excluding tert-OH is 4. The van der Waals surface area contributed by atoms with Gasteiger partial charge in [0.15, 0.2) is 0 Å². The SMILES string of the molecule is CC(C)[C@H](NC(=O)[C@H](C)NC(=O)[C@H](CC(=O)O)NC(=O)[C@@H](NC(=O)[C@H](CS)NC(=O)[C@H](CCC(N)=O)NC(=O)[C@H](CO)NC(=O)[C@@H](NC(=O)[C@@H](N)CCC(=O)O)[C@@H](C)O)[C@@H](C)O)C(=O)N[C@@H](CO)C(=O)O. The third-order valence-corrected chi connectivity index (χ3v) is 10.2. The van der Waals surface area contributed by atoms with Crippen LogP contribution in [0.15, 0.2) is 0 Å². The number of thiol groups is 1. The maximum absolute atomic E-state index is 13.5. The number of carbonyl (C=O) groups excluding carboxylic acids is 10. The molecule has 0 aromatic heterocycles. The summed E-state index contributed by atoms with van der Waals surface area (Å²) in [5.41, 5.74) is 10.9. The number of amides is 10. The molecule has 0 aliphatic rings. The average molecular weight is 1040 g/mol. The van der Waals surface area contributed by atoms with Crippen molar-refractivity contribution in [2.75, 3.05) is 19.0 Å². The number of aliphatic carboxylic acids is 3. The Labute approximate surface area is 410 Å². The molecule has 0 fully saturated rings. The largest absolute Gasteiger partial charge is 0.481 e. The molecule has 0 aromatic carbocycles. The van der Waals surface area contributed by atoms with E-state index >= 15 is 0 Å². The second-order valence-corrected chi connectivity index (χ2v) is 16.6. The fourth-order valence-corrected chi connectivity index (χ4v) is 6.03. The van der Waals surface area contributed by atoms with Gasteiger partial charge in [0.1, 0.15) is 54.4 Å². The van der Waals surface area contributed by atoms with Gasteiger partial charge in [0.2, 0.25) is 59.1 Å². The van der Waals surface area contributed by atoms with Crippen molar-refractivity contribution >= 4 is 89.6 Å². The van der Waals surface area contributed by atoms with E-state index < -0.39 is 200 Å². The van der Waals surface area contributed by atoms with Gasteiger partial charge in [0.05, 0.1) is 37.9 Å². The summed E-state index contributed by atoms with van der Waals surface area (Å²) in [7, 11) is 0. The van der Waals surface area contributed by atoms with Gasteiger partial charge in [-0.2, -0.15) is 12.6 Å². The summed E-state index contributed by atoms with van der Waals surface area (Å²) < 4.78 is 0.